The van der Waals surface area contributed by atoms with Gasteiger partial charge in [-0.25, -0.2) is 9.37 Å². The molecule has 90 valence electrons. The molecule has 2 rings (SSSR count). The van der Waals surface area contributed by atoms with Gasteiger partial charge in [-0.15, -0.1) is 0 Å². The molecule has 3 nitrogen and oxygen atoms in total. The van der Waals surface area contributed by atoms with Crippen LogP contribution in [0.3, 0.4) is 0 Å². The third kappa shape index (κ3) is 2.33. The fourth-order valence-corrected chi connectivity index (χ4v) is 2.06. The van der Waals surface area contributed by atoms with Crippen LogP contribution in [0.5, 0.6) is 0 Å². The molecular weight excluding hydrogens is 241 g/mol. The number of benzene rings is 1. The summed E-state index contributed by atoms with van der Waals surface area (Å²) in [6.07, 6.45) is 0.670. The number of hydrogen-bond donors (Lipinski definition) is 1. The lowest BCUT2D eigenvalue weighted by Crippen LogP contribution is -2.07. The van der Waals surface area contributed by atoms with Crippen LogP contribution in [-0.2, 0) is 13.5 Å². The van der Waals surface area contributed by atoms with Gasteiger partial charge in [0, 0.05) is 19.0 Å². The smallest absolute Gasteiger partial charge is 0.151 e. The van der Waals surface area contributed by atoms with E-state index in [-0.39, 0.29) is 5.82 Å². The molecule has 1 heterocycles. The number of aromatic nitrogens is 2. The third-order valence-electron chi connectivity index (χ3n) is 2.65. The maximum absolute atomic E-state index is 12.8. The maximum Gasteiger partial charge on any atom is 0.151 e. The van der Waals surface area contributed by atoms with E-state index < -0.39 is 0 Å². The first-order valence-corrected chi connectivity index (χ1v) is 5.68. The summed E-state index contributed by atoms with van der Waals surface area (Å²) in [4.78, 5) is 4.28. The van der Waals surface area contributed by atoms with Gasteiger partial charge in [0.2, 0.25) is 0 Å². The average Bonchev–Trinajstić information content (AvgIpc) is 2.59. The molecular formula is C12H13ClFN3. The minimum absolute atomic E-state index is 0.267. The molecule has 0 unspecified atom stereocenters. The van der Waals surface area contributed by atoms with Crippen molar-refractivity contribution in [2.45, 2.75) is 6.42 Å². The van der Waals surface area contributed by atoms with Crippen LogP contribution in [0.4, 0.5) is 4.39 Å². The molecule has 1 aromatic carbocycles. The number of nitrogens with two attached hydrogens (primary N) is 1. The van der Waals surface area contributed by atoms with Crippen molar-refractivity contribution in [3.8, 4) is 11.4 Å². The van der Waals surface area contributed by atoms with Crippen molar-refractivity contribution in [1.82, 2.24) is 9.55 Å². The lowest BCUT2D eigenvalue weighted by molar-refractivity contribution is 0.628. The lowest BCUT2D eigenvalue weighted by atomic mass is 10.2. The second kappa shape index (κ2) is 4.85. The first-order chi connectivity index (χ1) is 8.13. The highest BCUT2D eigenvalue weighted by Gasteiger charge is 2.13. The predicted octanol–water partition coefficient (Wildman–Crippen LogP) is 2.38. The highest BCUT2D eigenvalue weighted by Crippen LogP contribution is 2.24. The second-order valence-electron chi connectivity index (χ2n) is 3.78. The van der Waals surface area contributed by atoms with Gasteiger partial charge in [-0.1, -0.05) is 11.6 Å². The molecule has 0 saturated carbocycles. The van der Waals surface area contributed by atoms with Crippen molar-refractivity contribution in [2.75, 3.05) is 6.54 Å². The molecule has 0 spiro atoms. The molecule has 5 heteroatoms. The number of nitrogens with zero attached hydrogens (tertiary/aromatic N) is 2. The summed E-state index contributed by atoms with van der Waals surface area (Å²) in [6.45, 7) is 0.516. The van der Waals surface area contributed by atoms with E-state index in [0.29, 0.717) is 18.1 Å². The van der Waals surface area contributed by atoms with Crippen molar-refractivity contribution in [1.29, 1.82) is 0 Å². The monoisotopic (exact) mass is 253 g/mol. The summed E-state index contributed by atoms with van der Waals surface area (Å²) in [5.41, 5.74) is 7.25. The van der Waals surface area contributed by atoms with Gasteiger partial charge in [0.25, 0.3) is 0 Å². The van der Waals surface area contributed by atoms with Crippen LogP contribution >= 0.6 is 11.6 Å². The molecule has 0 amide bonds. The van der Waals surface area contributed by atoms with Crippen LogP contribution in [-0.4, -0.2) is 16.1 Å². The van der Waals surface area contributed by atoms with E-state index in [1.807, 2.05) is 11.6 Å². The van der Waals surface area contributed by atoms with Gasteiger partial charge in [0.05, 0.1) is 5.69 Å². The molecule has 2 N–H and O–H groups in total. The molecule has 0 aliphatic heterocycles. The van der Waals surface area contributed by atoms with E-state index in [0.717, 1.165) is 17.1 Å². The Morgan fingerprint density at radius 3 is 2.59 bits per heavy atom. The lowest BCUT2D eigenvalue weighted by Gasteiger charge is -2.05. The molecule has 2 aromatic rings. The van der Waals surface area contributed by atoms with E-state index in [2.05, 4.69) is 4.98 Å². The van der Waals surface area contributed by atoms with Gasteiger partial charge in [0.15, 0.2) is 5.15 Å². The van der Waals surface area contributed by atoms with Crippen molar-refractivity contribution in [3.63, 3.8) is 0 Å². The summed E-state index contributed by atoms with van der Waals surface area (Å²) >= 11 is 6.05. The summed E-state index contributed by atoms with van der Waals surface area (Å²) in [6, 6.07) is 6.17. The summed E-state index contributed by atoms with van der Waals surface area (Å²) in [5.74, 6) is 0.453. The predicted molar refractivity (Wildman–Crippen MR) is 66.4 cm³/mol. The topological polar surface area (TPSA) is 43.8 Å². The van der Waals surface area contributed by atoms with Crippen molar-refractivity contribution in [3.05, 3.63) is 40.9 Å². The van der Waals surface area contributed by atoms with Crippen LogP contribution in [0.15, 0.2) is 24.3 Å². The Balaban J connectivity index is 2.46. The molecule has 0 atom stereocenters. The van der Waals surface area contributed by atoms with Gasteiger partial charge in [-0.3, -0.25) is 0 Å². The summed E-state index contributed by atoms with van der Waals surface area (Å²) in [7, 11) is 1.88. The van der Waals surface area contributed by atoms with Crippen molar-refractivity contribution < 1.29 is 4.39 Å². The minimum atomic E-state index is -0.267. The van der Waals surface area contributed by atoms with E-state index in [1.54, 1.807) is 12.1 Å². The van der Waals surface area contributed by atoms with E-state index in [9.17, 15) is 4.39 Å². The van der Waals surface area contributed by atoms with Crippen molar-refractivity contribution in [2.24, 2.45) is 12.8 Å². The zero-order valence-electron chi connectivity index (χ0n) is 9.45. The molecule has 17 heavy (non-hydrogen) atoms. The highest BCUT2D eigenvalue weighted by atomic mass is 35.5. The first kappa shape index (κ1) is 12.1. The van der Waals surface area contributed by atoms with Crippen LogP contribution in [0.1, 0.15) is 5.69 Å². The van der Waals surface area contributed by atoms with Crippen LogP contribution in [0.25, 0.3) is 11.4 Å². The van der Waals surface area contributed by atoms with Gasteiger partial charge < -0.3 is 10.3 Å². The van der Waals surface area contributed by atoms with Gasteiger partial charge >= 0.3 is 0 Å². The van der Waals surface area contributed by atoms with Gasteiger partial charge in [-0.2, -0.15) is 0 Å². The second-order valence-corrected chi connectivity index (χ2v) is 4.14. The third-order valence-corrected chi connectivity index (χ3v) is 2.95. The van der Waals surface area contributed by atoms with Crippen LogP contribution < -0.4 is 5.73 Å². The normalized spacial score (nSPS) is 10.8. The summed E-state index contributed by atoms with van der Waals surface area (Å²) in [5, 5.41) is 0.456. The minimum Gasteiger partial charge on any atom is -0.330 e. The van der Waals surface area contributed by atoms with Crippen LogP contribution in [0.2, 0.25) is 5.15 Å². The summed E-state index contributed by atoms with van der Waals surface area (Å²) < 4.78 is 14.7. The van der Waals surface area contributed by atoms with Crippen LogP contribution in [0, 0.1) is 5.82 Å². The fraction of sp³-hybridized carbons (Fsp3) is 0.250. The highest BCUT2D eigenvalue weighted by molar-refractivity contribution is 6.30. The Bertz CT molecular complexity index is 519. The van der Waals surface area contributed by atoms with E-state index >= 15 is 0 Å². The molecule has 0 fully saturated rings. The fourth-order valence-electron chi connectivity index (χ4n) is 1.76. The molecule has 0 bridgehead atoms. The van der Waals surface area contributed by atoms with E-state index in [1.165, 1.54) is 12.1 Å². The molecule has 0 aliphatic carbocycles. The number of imidazole rings is 1. The van der Waals surface area contributed by atoms with Gasteiger partial charge in [-0.05, 0) is 30.8 Å². The Morgan fingerprint density at radius 2 is 2.00 bits per heavy atom. The molecule has 0 saturated heterocycles. The number of rotatable bonds is 3. The Hall–Kier alpha value is -1.39. The standard InChI is InChI=1S/C12H13ClFN3/c1-17-10(6-7-15)11(13)16-12(17)8-2-4-9(14)5-3-8/h2-5H,6-7,15H2,1H3. The maximum atomic E-state index is 12.8. The zero-order valence-corrected chi connectivity index (χ0v) is 10.2. The molecule has 0 radical (unpaired) electrons. The Kier molecular flexibility index (Phi) is 3.45. The quantitative estimate of drug-likeness (QED) is 0.913. The average molecular weight is 254 g/mol. The zero-order chi connectivity index (χ0) is 12.4. The number of hydrogen-bond acceptors (Lipinski definition) is 2. The van der Waals surface area contributed by atoms with E-state index in [4.69, 9.17) is 17.3 Å². The van der Waals surface area contributed by atoms with Crippen molar-refractivity contribution >= 4 is 11.6 Å². The molecule has 0 aliphatic rings. The molecule has 1 aromatic heterocycles. The number of halogens is 2. The Morgan fingerprint density at radius 1 is 1.35 bits per heavy atom. The SMILES string of the molecule is Cn1c(-c2ccc(F)cc2)nc(Cl)c1CCN. The first-order valence-electron chi connectivity index (χ1n) is 5.30. The largest absolute Gasteiger partial charge is 0.330 e. The Labute approximate surface area is 104 Å². The van der Waals surface area contributed by atoms with Gasteiger partial charge in [0.1, 0.15) is 11.6 Å².